The molecule has 2 heteroatoms. The van der Waals surface area contributed by atoms with Gasteiger partial charge in [-0.25, -0.2) is 0 Å². The Kier molecular flexibility index (Phi) is 6.50. The van der Waals surface area contributed by atoms with E-state index >= 15 is 0 Å². The minimum Gasteiger partial charge on any atom is -0.0991 e. The molecule has 1 aromatic rings. The Morgan fingerprint density at radius 2 is 1.71 bits per heavy atom. The molecular formula is C19H22Br2. The molecule has 2 rings (SSSR count). The molecule has 0 heterocycles. The summed E-state index contributed by atoms with van der Waals surface area (Å²) in [6, 6.07) is 9.05. The number of hydrogen-bond donors (Lipinski definition) is 0. The Hall–Kier alpha value is -0.600. The summed E-state index contributed by atoms with van der Waals surface area (Å²) < 4.78 is 0. The second-order valence-electron chi connectivity index (χ2n) is 5.56. The van der Waals surface area contributed by atoms with E-state index in [1.807, 2.05) is 12.2 Å². The lowest BCUT2D eigenvalue weighted by Gasteiger charge is -2.29. The quantitative estimate of drug-likeness (QED) is 0.386. The molecule has 0 bridgehead atoms. The van der Waals surface area contributed by atoms with Crippen molar-refractivity contribution >= 4 is 37.4 Å². The van der Waals surface area contributed by atoms with Gasteiger partial charge in [-0.05, 0) is 48.8 Å². The van der Waals surface area contributed by atoms with Crippen molar-refractivity contribution in [1.82, 2.24) is 0 Å². The molecule has 0 amide bonds. The first-order valence-electron chi connectivity index (χ1n) is 7.48. The number of benzene rings is 1. The van der Waals surface area contributed by atoms with Crippen LogP contribution in [-0.4, -0.2) is 9.65 Å². The van der Waals surface area contributed by atoms with Crippen LogP contribution < -0.4 is 0 Å². The van der Waals surface area contributed by atoms with Crippen LogP contribution in [0, 0.1) is 0 Å². The van der Waals surface area contributed by atoms with E-state index in [0.717, 1.165) is 0 Å². The van der Waals surface area contributed by atoms with E-state index in [1.165, 1.54) is 36.0 Å². The topological polar surface area (TPSA) is 0 Å². The zero-order valence-corrected chi connectivity index (χ0v) is 15.6. The maximum atomic E-state index is 3.79. The molecule has 0 spiro atoms. The number of allylic oxidation sites excluding steroid dienone is 5. The van der Waals surface area contributed by atoms with Crippen molar-refractivity contribution in [1.29, 1.82) is 0 Å². The van der Waals surface area contributed by atoms with Gasteiger partial charge >= 0.3 is 0 Å². The van der Waals surface area contributed by atoms with Crippen LogP contribution in [0.3, 0.4) is 0 Å². The van der Waals surface area contributed by atoms with E-state index in [0.29, 0.717) is 15.6 Å². The highest BCUT2D eigenvalue weighted by molar-refractivity contribution is 9.10. The Bertz CT molecular complexity index is 515. The average Bonchev–Trinajstić information content (AvgIpc) is 2.47. The summed E-state index contributed by atoms with van der Waals surface area (Å²) in [5.41, 5.74) is 3.96. The molecule has 1 aliphatic carbocycles. The summed E-state index contributed by atoms with van der Waals surface area (Å²) in [4.78, 5) is 1.25. The fraction of sp³-hybridized carbons (Fsp3) is 0.368. The monoisotopic (exact) mass is 408 g/mol. The Labute approximate surface area is 145 Å². The minimum absolute atomic E-state index is 0.627. The summed E-state index contributed by atoms with van der Waals surface area (Å²) in [6.45, 7) is 5.80. The molecule has 0 N–H and O–H groups in total. The van der Waals surface area contributed by atoms with Crippen LogP contribution in [0.2, 0.25) is 0 Å². The van der Waals surface area contributed by atoms with Crippen molar-refractivity contribution in [3.63, 3.8) is 0 Å². The van der Waals surface area contributed by atoms with Gasteiger partial charge < -0.3 is 0 Å². The van der Waals surface area contributed by atoms with E-state index < -0.39 is 0 Å². The smallest absolute Gasteiger partial charge is 0.0162 e. The van der Waals surface area contributed by atoms with Crippen LogP contribution >= 0.6 is 31.9 Å². The fourth-order valence-corrected chi connectivity index (χ4v) is 5.24. The lowest BCUT2D eigenvalue weighted by Crippen LogP contribution is -2.21. The van der Waals surface area contributed by atoms with Crippen molar-refractivity contribution in [3.8, 4) is 0 Å². The van der Waals surface area contributed by atoms with E-state index in [4.69, 9.17) is 0 Å². The molecule has 3 atom stereocenters. The number of rotatable bonds is 4. The third-order valence-corrected chi connectivity index (χ3v) is 5.53. The molecule has 0 aromatic heterocycles. The second-order valence-corrected chi connectivity index (χ2v) is 8.15. The van der Waals surface area contributed by atoms with E-state index in [1.54, 1.807) is 0 Å². The van der Waals surface area contributed by atoms with E-state index in [9.17, 15) is 0 Å². The molecular weight excluding hydrogens is 388 g/mol. The normalized spacial score (nSPS) is 27.0. The minimum atomic E-state index is 0.627. The number of halogens is 2. The highest BCUT2D eigenvalue weighted by atomic mass is 79.9. The zero-order chi connectivity index (χ0) is 15.2. The van der Waals surface area contributed by atoms with Crippen LogP contribution in [0.15, 0.2) is 55.1 Å². The zero-order valence-electron chi connectivity index (χ0n) is 12.4. The predicted molar refractivity (Wildman–Crippen MR) is 101 cm³/mol. The Balaban J connectivity index is 2.15. The second kappa shape index (κ2) is 8.14. The molecule has 1 aliphatic rings. The predicted octanol–water partition coefficient (Wildman–Crippen LogP) is 6.63. The molecule has 0 radical (unpaired) electrons. The highest BCUT2D eigenvalue weighted by Crippen LogP contribution is 2.39. The van der Waals surface area contributed by atoms with Gasteiger partial charge in [0.05, 0.1) is 0 Å². The van der Waals surface area contributed by atoms with Gasteiger partial charge in [-0.3, -0.25) is 0 Å². The first-order valence-corrected chi connectivity index (χ1v) is 9.31. The first-order chi connectivity index (χ1) is 10.1. The molecule has 1 fully saturated rings. The van der Waals surface area contributed by atoms with Gasteiger partial charge in [-0.2, -0.15) is 0 Å². The molecule has 0 aliphatic heterocycles. The van der Waals surface area contributed by atoms with E-state index in [2.05, 4.69) is 81.8 Å². The lowest BCUT2D eigenvalue weighted by atomic mass is 9.83. The maximum Gasteiger partial charge on any atom is 0.0162 e. The van der Waals surface area contributed by atoms with Crippen LogP contribution in [0.1, 0.15) is 43.2 Å². The van der Waals surface area contributed by atoms with Gasteiger partial charge in [0.1, 0.15) is 0 Å². The SMILES string of the molecule is C=C/C=C\C(=C/C)c1ccc(C2C[C@@H](Br)C[C@@H](Br)C2)cc1. The Morgan fingerprint density at radius 3 is 2.24 bits per heavy atom. The third kappa shape index (κ3) is 4.69. The number of hydrogen-bond acceptors (Lipinski definition) is 0. The van der Waals surface area contributed by atoms with Crippen LogP contribution in [-0.2, 0) is 0 Å². The lowest BCUT2D eigenvalue weighted by molar-refractivity contribution is 0.473. The first kappa shape index (κ1) is 16.8. The molecule has 21 heavy (non-hydrogen) atoms. The number of alkyl halides is 2. The third-order valence-electron chi connectivity index (χ3n) is 4.03. The highest BCUT2D eigenvalue weighted by Gasteiger charge is 2.26. The van der Waals surface area contributed by atoms with Crippen LogP contribution in [0.4, 0.5) is 0 Å². The molecule has 1 saturated carbocycles. The molecule has 0 saturated heterocycles. The summed E-state index contributed by atoms with van der Waals surface area (Å²) >= 11 is 7.57. The van der Waals surface area contributed by atoms with Gasteiger partial charge in [0, 0.05) is 9.65 Å². The summed E-state index contributed by atoms with van der Waals surface area (Å²) in [5, 5.41) is 0. The molecule has 0 nitrogen and oxygen atoms in total. The summed E-state index contributed by atoms with van der Waals surface area (Å²) in [5.74, 6) is 0.652. The van der Waals surface area contributed by atoms with Gasteiger partial charge in [0.25, 0.3) is 0 Å². The van der Waals surface area contributed by atoms with Crippen LogP contribution in [0.25, 0.3) is 5.57 Å². The maximum absolute atomic E-state index is 3.79. The fourth-order valence-electron chi connectivity index (χ4n) is 2.93. The molecule has 1 aromatic carbocycles. The van der Waals surface area contributed by atoms with Gasteiger partial charge in [-0.1, -0.05) is 87.0 Å². The van der Waals surface area contributed by atoms with Crippen molar-refractivity contribution < 1.29 is 0 Å². The summed E-state index contributed by atoms with van der Waals surface area (Å²) in [6.07, 6.45) is 11.7. The summed E-state index contributed by atoms with van der Waals surface area (Å²) in [7, 11) is 0. The van der Waals surface area contributed by atoms with Crippen molar-refractivity contribution in [3.05, 3.63) is 66.3 Å². The van der Waals surface area contributed by atoms with Crippen LogP contribution in [0.5, 0.6) is 0 Å². The van der Waals surface area contributed by atoms with Gasteiger partial charge in [0.2, 0.25) is 0 Å². The van der Waals surface area contributed by atoms with Crippen molar-refractivity contribution in [2.45, 2.75) is 41.8 Å². The van der Waals surface area contributed by atoms with E-state index in [-0.39, 0.29) is 0 Å². The Morgan fingerprint density at radius 1 is 1.10 bits per heavy atom. The van der Waals surface area contributed by atoms with Crippen molar-refractivity contribution in [2.75, 3.05) is 0 Å². The van der Waals surface area contributed by atoms with Crippen molar-refractivity contribution in [2.24, 2.45) is 0 Å². The standard InChI is InChI=1S/C19H22Br2/c1-3-5-6-14(4-2)15-7-9-16(10-8-15)17-11-18(20)13-19(21)12-17/h3-10,17-19H,1,11-13H2,2H3/b6-5-,14-4+/t17?,18-,19+. The average molecular weight is 410 g/mol. The van der Waals surface area contributed by atoms with Gasteiger partial charge in [-0.15, -0.1) is 0 Å². The van der Waals surface area contributed by atoms with Gasteiger partial charge in [0.15, 0.2) is 0 Å². The molecule has 1 unspecified atom stereocenters. The molecule has 112 valence electrons. The largest absolute Gasteiger partial charge is 0.0991 e.